The van der Waals surface area contributed by atoms with Gasteiger partial charge in [-0.25, -0.2) is 0 Å². The minimum atomic E-state index is -0.319. The van der Waals surface area contributed by atoms with E-state index in [1.54, 1.807) is 0 Å². The summed E-state index contributed by atoms with van der Waals surface area (Å²) in [6.45, 7) is 5.97. The van der Waals surface area contributed by atoms with E-state index in [0.29, 0.717) is 19.0 Å². The number of piperidine rings is 1. The predicted octanol–water partition coefficient (Wildman–Crippen LogP) is 1.89. The van der Waals surface area contributed by atoms with Crippen LogP contribution in [0.4, 0.5) is 5.69 Å². The lowest BCUT2D eigenvalue weighted by molar-refractivity contribution is -0.118. The van der Waals surface area contributed by atoms with Gasteiger partial charge in [0.1, 0.15) is 0 Å². The van der Waals surface area contributed by atoms with Crippen molar-refractivity contribution in [2.45, 2.75) is 32.8 Å². The zero-order valence-electron chi connectivity index (χ0n) is 12.3. The van der Waals surface area contributed by atoms with Gasteiger partial charge in [-0.2, -0.15) is 0 Å². The van der Waals surface area contributed by atoms with Gasteiger partial charge in [-0.3, -0.25) is 9.69 Å². The molecule has 0 bridgehead atoms. The van der Waals surface area contributed by atoms with Gasteiger partial charge in [-0.15, -0.1) is 0 Å². The smallest absolute Gasteiger partial charge is 0.238 e. The van der Waals surface area contributed by atoms with Crippen molar-refractivity contribution in [3.05, 3.63) is 29.8 Å². The third-order valence-corrected chi connectivity index (χ3v) is 4.02. The van der Waals surface area contributed by atoms with Crippen molar-refractivity contribution >= 4 is 11.6 Å². The first-order valence-electron chi connectivity index (χ1n) is 7.37. The molecule has 1 aliphatic rings. The molecule has 1 amide bonds. The Bertz CT molecular complexity index is 444. The van der Waals surface area contributed by atoms with Crippen LogP contribution >= 0.6 is 0 Å². The maximum absolute atomic E-state index is 12.0. The molecule has 2 unspecified atom stereocenters. The second-order valence-electron chi connectivity index (χ2n) is 5.67. The van der Waals surface area contributed by atoms with Gasteiger partial charge in [-0.05, 0) is 43.0 Å². The van der Waals surface area contributed by atoms with E-state index in [2.05, 4.69) is 19.2 Å². The van der Waals surface area contributed by atoms with Crippen LogP contribution in [0.1, 0.15) is 25.8 Å². The number of hydrogen-bond acceptors (Lipinski definition) is 3. The van der Waals surface area contributed by atoms with Crippen molar-refractivity contribution in [3.63, 3.8) is 0 Å². The zero-order chi connectivity index (χ0) is 14.5. The van der Waals surface area contributed by atoms with Crippen LogP contribution in [-0.2, 0) is 11.2 Å². The number of hydrogen-bond donors (Lipinski definition) is 2. The van der Waals surface area contributed by atoms with Crippen LogP contribution in [0.2, 0.25) is 0 Å². The van der Waals surface area contributed by atoms with Crippen molar-refractivity contribution in [1.82, 2.24) is 4.90 Å². The number of carbonyl (C=O) groups excluding carboxylic acids is 1. The van der Waals surface area contributed by atoms with Crippen LogP contribution in [0, 0.1) is 5.92 Å². The topological polar surface area (TPSA) is 52.6 Å². The minimum absolute atomic E-state index is 0.0176. The van der Waals surface area contributed by atoms with E-state index in [0.717, 1.165) is 25.1 Å². The van der Waals surface area contributed by atoms with Crippen molar-refractivity contribution in [3.8, 4) is 0 Å². The number of β-amino-alcohol motifs (C(OH)–C–C–N with tert-alkyl or cyclic N) is 1. The summed E-state index contributed by atoms with van der Waals surface area (Å²) >= 11 is 0. The molecule has 0 saturated carbocycles. The first-order valence-corrected chi connectivity index (χ1v) is 7.37. The van der Waals surface area contributed by atoms with E-state index in [1.165, 1.54) is 5.56 Å². The number of aliphatic hydroxyl groups excluding tert-OH is 1. The van der Waals surface area contributed by atoms with E-state index >= 15 is 0 Å². The van der Waals surface area contributed by atoms with E-state index in [4.69, 9.17) is 0 Å². The fourth-order valence-corrected chi connectivity index (χ4v) is 2.49. The van der Waals surface area contributed by atoms with Crippen LogP contribution in [0.15, 0.2) is 24.3 Å². The number of amides is 1. The lowest BCUT2D eigenvalue weighted by atomic mass is 9.96. The monoisotopic (exact) mass is 276 g/mol. The van der Waals surface area contributed by atoms with Gasteiger partial charge >= 0.3 is 0 Å². The molecule has 20 heavy (non-hydrogen) atoms. The molecule has 0 aromatic heterocycles. The highest BCUT2D eigenvalue weighted by molar-refractivity contribution is 5.92. The maximum Gasteiger partial charge on any atom is 0.238 e. The molecule has 1 fully saturated rings. The van der Waals surface area contributed by atoms with Gasteiger partial charge in [-0.1, -0.05) is 26.0 Å². The summed E-state index contributed by atoms with van der Waals surface area (Å²) in [5.41, 5.74) is 2.09. The molecule has 1 aromatic carbocycles. The third kappa shape index (κ3) is 4.05. The first kappa shape index (κ1) is 15.0. The number of benzene rings is 1. The Balaban J connectivity index is 1.82. The number of likely N-dealkylation sites (tertiary alicyclic amines) is 1. The SMILES string of the molecule is CCc1ccc(NC(=O)CN2CCC(C)C(O)C2)cc1. The predicted molar refractivity (Wildman–Crippen MR) is 80.7 cm³/mol. The molecule has 110 valence electrons. The summed E-state index contributed by atoms with van der Waals surface area (Å²) in [4.78, 5) is 14.0. The standard InChI is InChI=1S/C16H24N2O2/c1-3-13-4-6-14(7-5-13)17-16(20)11-18-9-8-12(2)15(19)10-18/h4-7,12,15,19H,3,8-11H2,1-2H3,(H,17,20). The van der Waals surface area contributed by atoms with Gasteiger partial charge in [0.2, 0.25) is 5.91 Å². The summed E-state index contributed by atoms with van der Waals surface area (Å²) < 4.78 is 0. The summed E-state index contributed by atoms with van der Waals surface area (Å²) in [6.07, 6.45) is 1.62. The van der Waals surface area contributed by atoms with Crippen molar-refractivity contribution in [2.24, 2.45) is 5.92 Å². The normalized spacial score (nSPS) is 23.6. The van der Waals surface area contributed by atoms with Gasteiger partial charge in [0.15, 0.2) is 0 Å². The highest BCUT2D eigenvalue weighted by Crippen LogP contribution is 2.17. The van der Waals surface area contributed by atoms with Gasteiger partial charge in [0.05, 0.1) is 12.6 Å². The zero-order valence-corrected chi connectivity index (χ0v) is 12.3. The number of nitrogens with zero attached hydrogens (tertiary/aromatic N) is 1. The van der Waals surface area contributed by atoms with E-state index in [-0.39, 0.29) is 12.0 Å². The molecule has 0 spiro atoms. The van der Waals surface area contributed by atoms with Crippen LogP contribution < -0.4 is 5.32 Å². The quantitative estimate of drug-likeness (QED) is 0.883. The van der Waals surface area contributed by atoms with Gasteiger partial charge in [0.25, 0.3) is 0 Å². The molecule has 4 nitrogen and oxygen atoms in total. The average Bonchev–Trinajstić information content (AvgIpc) is 2.44. The summed E-state index contributed by atoms with van der Waals surface area (Å²) in [5.74, 6) is 0.312. The Morgan fingerprint density at radius 1 is 1.40 bits per heavy atom. The van der Waals surface area contributed by atoms with Crippen molar-refractivity contribution in [2.75, 3.05) is 25.0 Å². The van der Waals surface area contributed by atoms with Crippen molar-refractivity contribution in [1.29, 1.82) is 0 Å². The number of rotatable bonds is 4. The van der Waals surface area contributed by atoms with E-state index in [9.17, 15) is 9.90 Å². The number of aliphatic hydroxyl groups is 1. The fourth-order valence-electron chi connectivity index (χ4n) is 2.49. The third-order valence-electron chi connectivity index (χ3n) is 4.02. The molecule has 1 aromatic rings. The minimum Gasteiger partial charge on any atom is -0.392 e. The Morgan fingerprint density at radius 3 is 2.70 bits per heavy atom. The summed E-state index contributed by atoms with van der Waals surface area (Å²) in [5, 5.41) is 12.7. The lowest BCUT2D eigenvalue weighted by Crippen LogP contribution is -2.45. The van der Waals surface area contributed by atoms with Crippen LogP contribution in [0.25, 0.3) is 0 Å². The highest BCUT2D eigenvalue weighted by Gasteiger charge is 2.25. The molecule has 2 atom stereocenters. The molecular weight excluding hydrogens is 252 g/mol. The largest absolute Gasteiger partial charge is 0.392 e. The van der Waals surface area contributed by atoms with Crippen LogP contribution in [-0.4, -0.2) is 41.7 Å². The number of carbonyl (C=O) groups is 1. The van der Waals surface area contributed by atoms with E-state index < -0.39 is 0 Å². The Kier molecular flexibility index (Phi) is 5.15. The molecule has 0 aliphatic carbocycles. The molecule has 1 heterocycles. The highest BCUT2D eigenvalue weighted by atomic mass is 16.3. The average molecular weight is 276 g/mol. The van der Waals surface area contributed by atoms with Crippen LogP contribution in [0.5, 0.6) is 0 Å². The Morgan fingerprint density at radius 2 is 2.10 bits per heavy atom. The molecule has 2 N–H and O–H groups in total. The van der Waals surface area contributed by atoms with Gasteiger partial charge in [0, 0.05) is 12.2 Å². The maximum atomic E-state index is 12.0. The molecule has 0 radical (unpaired) electrons. The second kappa shape index (κ2) is 6.86. The molecule has 4 heteroatoms. The van der Waals surface area contributed by atoms with Crippen LogP contribution in [0.3, 0.4) is 0 Å². The number of nitrogens with one attached hydrogen (secondary N) is 1. The fraction of sp³-hybridized carbons (Fsp3) is 0.562. The first-order chi connectivity index (χ1) is 9.58. The molecule has 2 rings (SSSR count). The second-order valence-corrected chi connectivity index (χ2v) is 5.67. The van der Waals surface area contributed by atoms with Gasteiger partial charge < -0.3 is 10.4 Å². The lowest BCUT2D eigenvalue weighted by Gasteiger charge is -2.33. The number of aryl methyl sites for hydroxylation is 1. The molecule has 1 saturated heterocycles. The Labute approximate surface area is 120 Å². The number of anilines is 1. The summed E-state index contributed by atoms with van der Waals surface area (Å²) in [6, 6.07) is 7.93. The van der Waals surface area contributed by atoms with Crippen molar-refractivity contribution < 1.29 is 9.90 Å². The van der Waals surface area contributed by atoms with E-state index in [1.807, 2.05) is 29.2 Å². The molecule has 1 aliphatic heterocycles. The molecular formula is C16H24N2O2. The Hall–Kier alpha value is -1.39. The summed E-state index contributed by atoms with van der Waals surface area (Å²) in [7, 11) is 0.